The summed E-state index contributed by atoms with van der Waals surface area (Å²) in [5.41, 5.74) is 9.34. The molecule has 186 valence electrons. The summed E-state index contributed by atoms with van der Waals surface area (Å²) < 4.78 is 0. The van der Waals surface area contributed by atoms with E-state index in [1.54, 1.807) is 0 Å². The Balaban J connectivity index is 0.000000175. The van der Waals surface area contributed by atoms with Crippen molar-refractivity contribution in [3.8, 4) is 22.3 Å². The van der Waals surface area contributed by atoms with Gasteiger partial charge in [0.2, 0.25) is 0 Å². The largest absolute Gasteiger partial charge is 0.179 e. The summed E-state index contributed by atoms with van der Waals surface area (Å²) >= 11 is 5.25. The zero-order chi connectivity index (χ0) is 26.6. The predicted octanol–water partition coefficient (Wildman–Crippen LogP) is 10.7. The van der Waals surface area contributed by atoms with Crippen molar-refractivity contribution in [1.82, 2.24) is 0 Å². The van der Waals surface area contributed by atoms with E-state index in [9.17, 15) is 0 Å². The van der Waals surface area contributed by atoms with Crippen LogP contribution in [0.15, 0.2) is 97.1 Å². The van der Waals surface area contributed by atoms with E-state index in [0.29, 0.717) is 0 Å². The maximum Gasteiger partial charge on any atom is -0.0253 e. The molecule has 0 nitrogen and oxygen atoms in total. The van der Waals surface area contributed by atoms with Crippen molar-refractivity contribution in [2.75, 3.05) is 0 Å². The normalized spacial score (nSPS) is 10.4. The summed E-state index contributed by atoms with van der Waals surface area (Å²) in [5, 5.41) is 3.41. The maximum atomic E-state index is 6.08. The van der Waals surface area contributed by atoms with Gasteiger partial charge in [0.25, 0.3) is 0 Å². The summed E-state index contributed by atoms with van der Waals surface area (Å²) in [4.78, 5) is 0. The maximum absolute atomic E-state index is 6.08. The van der Waals surface area contributed by atoms with Crippen molar-refractivity contribution < 1.29 is 20.8 Å². The zero-order valence-corrected chi connectivity index (χ0v) is 27.0. The van der Waals surface area contributed by atoms with Crippen molar-refractivity contribution in [1.29, 1.82) is 0 Å². The molecule has 0 heterocycles. The van der Waals surface area contributed by atoms with Crippen molar-refractivity contribution >= 4 is 48.9 Å². The number of aryl methyl sites for hydroxylation is 1. The first-order valence-electron chi connectivity index (χ1n) is 12.1. The smallest absolute Gasteiger partial charge is 0.0253 e. The Morgan fingerprint density at radius 1 is 0.865 bits per heavy atom. The summed E-state index contributed by atoms with van der Waals surface area (Å²) in [6, 6.07) is 37.1. The van der Waals surface area contributed by atoms with Gasteiger partial charge in [-0.25, -0.2) is 0 Å². The van der Waals surface area contributed by atoms with Gasteiger partial charge in [-0.05, 0) is 30.5 Å². The summed E-state index contributed by atoms with van der Waals surface area (Å²) in [7, 11) is 11.0. The molecule has 0 aromatic heterocycles. The van der Waals surface area contributed by atoms with Crippen LogP contribution in [0.3, 0.4) is 0 Å². The van der Waals surface area contributed by atoms with Crippen molar-refractivity contribution in [2.24, 2.45) is 0 Å². The van der Waals surface area contributed by atoms with Crippen LogP contribution >= 0.6 is 28.6 Å². The molecule has 0 atom stereocenters. The van der Waals surface area contributed by atoms with Crippen LogP contribution in [0.5, 0.6) is 0 Å². The molecule has 0 unspecified atom stereocenters. The second kappa shape index (κ2) is 15.8. The molecule has 6 rings (SSSR count). The number of benzene rings is 4. The van der Waals surface area contributed by atoms with Gasteiger partial charge in [-0.2, -0.15) is 35.9 Å². The third kappa shape index (κ3) is 8.22. The van der Waals surface area contributed by atoms with Crippen LogP contribution in [0, 0.1) is 6.07 Å². The Bertz CT molecular complexity index is 1360. The van der Waals surface area contributed by atoms with E-state index < -0.39 is 20.8 Å². The average Bonchev–Trinajstić information content (AvgIpc) is 3.51. The first-order valence-corrected chi connectivity index (χ1v) is 20.8. The average molecular weight is 639 g/mol. The molecular weight excluding hydrogens is 610 g/mol. The van der Waals surface area contributed by atoms with Crippen molar-refractivity contribution in [3.63, 3.8) is 0 Å². The number of hydrogen-bond acceptors (Lipinski definition) is 0. The standard InChI is InChI=1S/C17H14Cl.C13H9.C2H6Si.2ClH.Zr/c1-2-12-9-13-6-4-8-16(17(13)10-12)14-5-3-7-15(18)11-14;1-3-7-12-10(5-1)9-11-6-2-4-8-13(11)12;1-3-2;;;/h3-11H,2H2,1H3;1-5,7-8H,9H2;1-2H3;2*1H;/q2*-1;;;;+4/p-2. The van der Waals surface area contributed by atoms with Crippen LogP contribution in [0.25, 0.3) is 33.0 Å². The minimum absolute atomic E-state index is 0.784. The topological polar surface area (TPSA) is 0 Å². The van der Waals surface area contributed by atoms with E-state index >= 15 is 0 Å². The molecule has 1 aliphatic carbocycles. The fourth-order valence-electron chi connectivity index (χ4n) is 4.41. The van der Waals surface area contributed by atoms with Crippen molar-refractivity contribution in [2.45, 2.75) is 32.9 Å². The van der Waals surface area contributed by atoms with E-state index in [1.165, 1.54) is 49.7 Å². The van der Waals surface area contributed by atoms with Crippen LogP contribution in [-0.4, -0.2) is 9.52 Å². The second-order valence-electron chi connectivity index (χ2n) is 8.50. The molecule has 5 aromatic rings. The minimum Gasteiger partial charge on any atom is -0.179 e. The molecule has 1 aliphatic rings. The number of halogens is 3. The van der Waals surface area contributed by atoms with Gasteiger partial charge in [-0.1, -0.05) is 90.8 Å². The SMILES string of the molecule is CCc1cc2c(-c3cccc(Cl)c3)cccc2[cH-]1.C[Si]C.[Cl][Zr+2][Cl].[c-]1cccc2c1Cc1ccccc1-2. The summed E-state index contributed by atoms with van der Waals surface area (Å²) in [6.45, 7) is 6.49. The van der Waals surface area contributed by atoms with Gasteiger partial charge in [0.05, 0.1) is 0 Å². The quantitative estimate of drug-likeness (QED) is 0.131. The fraction of sp³-hybridized carbons (Fsp3) is 0.156. The van der Waals surface area contributed by atoms with Gasteiger partial charge < -0.3 is 0 Å². The zero-order valence-electron chi connectivity index (χ0n) is 21.3. The summed E-state index contributed by atoms with van der Waals surface area (Å²) in [6.07, 6.45) is 2.12. The van der Waals surface area contributed by atoms with E-state index in [-0.39, 0.29) is 0 Å². The fourth-order valence-corrected chi connectivity index (χ4v) is 4.60. The molecule has 5 heteroatoms. The van der Waals surface area contributed by atoms with E-state index in [0.717, 1.165) is 27.4 Å². The Morgan fingerprint density at radius 2 is 1.54 bits per heavy atom. The third-order valence-corrected chi connectivity index (χ3v) is 6.21. The van der Waals surface area contributed by atoms with Gasteiger partial charge in [0, 0.05) is 14.5 Å². The van der Waals surface area contributed by atoms with Crippen LogP contribution < -0.4 is 0 Å². The van der Waals surface area contributed by atoms with Crippen LogP contribution in [0.1, 0.15) is 23.6 Å². The van der Waals surface area contributed by atoms with Gasteiger partial charge in [-0.3, -0.25) is 0 Å². The van der Waals surface area contributed by atoms with E-state index in [4.69, 9.17) is 28.6 Å². The minimum atomic E-state index is -0.826. The molecule has 2 radical (unpaired) electrons. The first kappa shape index (κ1) is 30.0. The predicted molar refractivity (Wildman–Crippen MR) is 162 cm³/mol. The van der Waals surface area contributed by atoms with Gasteiger partial charge >= 0.3 is 37.9 Å². The first-order chi connectivity index (χ1) is 18.1. The molecule has 0 fully saturated rings. The van der Waals surface area contributed by atoms with Crippen LogP contribution in [0.2, 0.25) is 18.1 Å². The molecule has 5 aromatic carbocycles. The Morgan fingerprint density at radius 3 is 2.27 bits per heavy atom. The van der Waals surface area contributed by atoms with Crippen molar-refractivity contribution in [3.05, 3.63) is 125 Å². The molecule has 0 spiro atoms. The van der Waals surface area contributed by atoms with Crippen LogP contribution in [-0.2, 0) is 33.7 Å². The molecule has 0 aliphatic heterocycles. The second-order valence-corrected chi connectivity index (χ2v) is 13.7. The number of rotatable bonds is 2. The van der Waals surface area contributed by atoms with Gasteiger partial charge in [0.1, 0.15) is 0 Å². The Kier molecular flexibility index (Phi) is 12.8. The molecule has 0 saturated heterocycles. The molecule has 0 amide bonds. The number of fused-ring (bicyclic) bond motifs is 4. The molecule has 0 N–H and O–H groups in total. The Labute approximate surface area is 247 Å². The molecular formula is C32H29Cl3SiZr. The Hall–Kier alpha value is -1.54. The number of hydrogen-bond donors (Lipinski definition) is 0. The third-order valence-electron chi connectivity index (χ3n) is 5.97. The monoisotopic (exact) mass is 636 g/mol. The molecule has 37 heavy (non-hydrogen) atoms. The molecule has 0 saturated carbocycles. The summed E-state index contributed by atoms with van der Waals surface area (Å²) in [5.74, 6) is 0. The molecule has 0 bridgehead atoms. The van der Waals surface area contributed by atoms with E-state index in [2.05, 4.69) is 98.9 Å². The van der Waals surface area contributed by atoms with Gasteiger partial charge in [0.15, 0.2) is 0 Å². The van der Waals surface area contributed by atoms with Gasteiger partial charge in [-0.15, -0.1) is 40.1 Å². The van der Waals surface area contributed by atoms with Crippen LogP contribution in [0.4, 0.5) is 0 Å². The van der Waals surface area contributed by atoms with E-state index in [1.807, 2.05) is 24.3 Å².